The minimum absolute atomic E-state index is 0.135. The highest BCUT2D eigenvalue weighted by Crippen LogP contribution is 2.29. The van der Waals surface area contributed by atoms with Crippen LogP contribution in [0.1, 0.15) is 37.0 Å². The Labute approximate surface area is 111 Å². The fourth-order valence-corrected chi connectivity index (χ4v) is 1.70. The fraction of sp³-hybridized carbons (Fsp3) is 0.462. The van der Waals surface area contributed by atoms with Gasteiger partial charge in [-0.3, -0.25) is 4.68 Å². The number of aryl methyl sites for hydroxylation is 1. The molecule has 102 valence electrons. The predicted octanol–water partition coefficient (Wildman–Crippen LogP) is 2.16. The molecule has 0 radical (unpaired) electrons. The molecule has 0 amide bonds. The normalized spacial score (nSPS) is 11.6. The van der Waals surface area contributed by atoms with Gasteiger partial charge in [0.2, 0.25) is 11.7 Å². The second-order valence-corrected chi connectivity index (χ2v) is 5.31. The zero-order valence-electron chi connectivity index (χ0n) is 11.7. The maximum Gasteiger partial charge on any atom is 0.376 e. The zero-order chi connectivity index (χ0) is 14.2. The van der Waals surface area contributed by atoms with Gasteiger partial charge in [-0.1, -0.05) is 20.8 Å². The highest BCUT2D eigenvalue weighted by Gasteiger charge is 2.30. The van der Waals surface area contributed by atoms with Crippen LogP contribution in [0.4, 0.5) is 0 Å². The summed E-state index contributed by atoms with van der Waals surface area (Å²) >= 11 is 0. The van der Waals surface area contributed by atoms with E-state index in [9.17, 15) is 4.79 Å². The van der Waals surface area contributed by atoms with Crippen LogP contribution in [-0.2, 0) is 17.2 Å². The van der Waals surface area contributed by atoms with E-state index >= 15 is 0 Å². The van der Waals surface area contributed by atoms with Crippen LogP contribution in [-0.4, -0.2) is 27.8 Å². The number of ether oxygens (including phenoxy) is 1. The van der Waals surface area contributed by atoms with Gasteiger partial charge in [0.25, 0.3) is 0 Å². The molecular weight excluding hydrogens is 246 g/mol. The van der Waals surface area contributed by atoms with Gasteiger partial charge in [-0.25, -0.2) is 9.78 Å². The second kappa shape index (κ2) is 4.53. The van der Waals surface area contributed by atoms with Gasteiger partial charge in [-0.2, -0.15) is 5.10 Å². The van der Waals surface area contributed by atoms with Crippen molar-refractivity contribution < 1.29 is 13.9 Å². The van der Waals surface area contributed by atoms with Crippen molar-refractivity contribution >= 4 is 5.97 Å². The number of carbonyl (C=O) groups is 1. The van der Waals surface area contributed by atoms with Crippen molar-refractivity contribution in [1.82, 2.24) is 14.8 Å². The van der Waals surface area contributed by atoms with Crippen molar-refractivity contribution in [2.24, 2.45) is 7.05 Å². The van der Waals surface area contributed by atoms with Crippen LogP contribution < -0.4 is 0 Å². The SMILES string of the molecule is COC(=O)c1oc(-c2ccn(C)n2)nc1C(C)(C)C. The lowest BCUT2D eigenvalue weighted by Gasteiger charge is -2.15. The van der Waals surface area contributed by atoms with E-state index in [1.807, 2.05) is 20.8 Å². The summed E-state index contributed by atoms with van der Waals surface area (Å²) in [6.45, 7) is 5.87. The average molecular weight is 263 g/mol. The molecule has 0 saturated heterocycles. The monoisotopic (exact) mass is 263 g/mol. The van der Waals surface area contributed by atoms with Crippen LogP contribution in [0, 0.1) is 0 Å². The molecule has 0 atom stereocenters. The molecule has 0 aromatic carbocycles. The quantitative estimate of drug-likeness (QED) is 0.776. The first-order valence-corrected chi connectivity index (χ1v) is 5.92. The molecule has 2 aromatic heterocycles. The smallest absolute Gasteiger partial charge is 0.376 e. The van der Waals surface area contributed by atoms with Crippen LogP contribution in [0.15, 0.2) is 16.7 Å². The summed E-state index contributed by atoms with van der Waals surface area (Å²) in [5.74, 6) is -0.0683. The molecule has 0 aliphatic rings. The maximum atomic E-state index is 11.7. The Balaban J connectivity index is 2.54. The van der Waals surface area contributed by atoms with Gasteiger partial charge in [0.1, 0.15) is 11.4 Å². The Hall–Kier alpha value is -2.11. The van der Waals surface area contributed by atoms with E-state index in [1.54, 1.807) is 24.0 Å². The maximum absolute atomic E-state index is 11.7. The predicted molar refractivity (Wildman–Crippen MR) is 68.7 cm³/mol. The van der Waals surface area contributed by atoms with E-state index < -0.39 is 5.97 Å². The van der Waals surface area contributed by atoms with Crippen LogP contribution in [0.25, 0.3) is 11.6 Å². The van der Waals surface area contributed by atoms with Gasteiger partial charge >= 0.3 is 5.97 Å². The Bertz CT molecular complexity index is 605. The summed E-state index contributed by atoms with van der Waals surface area (Å²) in [7, 11) is 3.12. The Morgan fingerprint density at radius 3 is 2.58 bits per heavy atom. The Kier molecular flexibility index (Phi) is 3.18. The van der Waals surface area contributed by atoms with E-state index in [1.165, 1.54) is 7.11 Å². The molecule has 2 heterocycles. The van der Waals surface area contributed by atoms with Gasteiger partial charge in [-0.05, 0) is 6.07 Å². The first-order chi connectivity index (χ1) is 8.82. The van der Waals surface area contributed by atoms with Gasteiger partial charge in [-0.15, -0.1) is 0 Å². The number of hydrogen-bond donors (Lipinski definition) is 0. The fourth-order valence-electron chi connectivity index (χ4n) is 1.70. The molecule has 0 aliphatic carbocycles. The first-order valence-electron chi connectivity index (χ1n) is 5.92. The van der Waals surface area contributed by atoms with E-state index in [2.05, 4.69) is 10.1 Å². The van der Waals surface area contributed by atoms with Crippen molar-refractivity contribution in [3.05, 3.63) is 23.7 Å². The summed E-state index contributed by atoms with van der Waals surface area (Å²) in [6, 6.07) is 1.78. The Morgan fingerprint density at radius 2 is 2.11 bits per heavy atom. The summed E-state index contributed by atoms with van der Waals surface area (Å²) in [5.41, 5.74) is 0.836. The number of oxazole rings is 1. The molecule has 6 nitrogen and oxygen atoms in total. The van der Waals surface area contributed by atoms with Crippen molar-refractivity contribution in [1.29, 1.82) is 0 Å². The lowest BCUT2D eigenvalue weighted by atomic mass is 9.91. The van der Waals surface area contributed by atoms with Crippen LogP contribution in [0.3, 0.4) is 0 Å². The number of carbonyl (C=O) groups excluding carboxylic acids is 1. The van der Waals surface area contributed by atoms with Crippen molar-refractivity contribution in [2.75, 3.05) is 7.11 Å². The topological polar surface area (TPSA) is 70.2 Å². The number of aromatic nitrogens is 3. The first kappa shape index (κ1) is 13.3. The van der Waals surface area contributed by atoms with E-state index in [0.717, 1.165) is 0 Å². The molecule has 19 heavy (non-hydrogen) atoms. The molecule has 0 aliphatic heterocycles. The van der Waals surface area contributed by atoms with Crippen LogP contribution in [0.2, 0.25) is 0 Å². The van der Waals surface area contributed by atoms with Gasteiger partial charge in [0.15, 0.2) is 0 Å². The second-order valence-electron chi connectivity index (χ2n) is 5.31. The number of hydrogen-bond acceptors (Lipinski definition) is 5. The largest absolute Gasteiger partial charge is 0.463 e. The molecule has 2 rings (SSSR count). The highest BCUT2D eigenvalue weighted by molar-refractivity contribution is 5.88. The summed E-state index contributed by atoms with van der Waals surface area (Å²) in [4.78, 5) is 16.1. The van der Waals surface area contributed by atoms with E-state index in [0.29, 0.717) is 17.3 Å². The zero-order valence-corrected chi connectivity index (χ0v) is 11.7. The van der Waals surface area contributed by atoms with Crippen LogP contribution in [0.5, 0.6) is 0 Å². The lowest BCUT2D eigenvalue weighted by Crippen LogP contribution is -2.17. The molecular formula is C13H17N3O3. The molecule has 0 fully saturated rings. The molecule has 0 spiro atoms. The van der Waals surface area contributed by atoms with Gasteiger partial charge < -0.3 is 9.15 Å². The molecule has 0 saturated carbocycles. The molecule has 0 N–H and O–H groups in total. The Morgan fingerprint density at radius 1 is 1.42 bits per heavy atom. The van der Waals surface area contributed by atoms with Gasteiger partial charge in [0, 0.05) is 18.7 Å². The number of nitrogens with zero attached hydrogens (tertiary/aromatic N) is 3. The number of methoxy groups -OCH3 is 1. The number of rotatable bonds is 2. The third-order valence-corrected chi connectivity index (χ3v) is 2.64. The molecule has 0 unspecified atom stereocenters. The van der Waals surface area contributed by atoms with E-state index in [-0.39, 0.29) is 11.2 Å². The van der Waals surface area contributed by atoms with Gasteiger partial charge in [0.05, 0.1) is 7.11 Å². The summed E-state index contributed by atoms with van der Waals surface area (Å²) < 4.78 is 11.9. The lowest BCUT2D eigenvalue weighted by molar-refractivity contribution is 0.0562. The number of esters is 1. The third kappa shape index (κ3) is 2.52. The minimum Gasteiger partial charge on any atom is -0.463 e. The molecule has 2 aromatic rings. The van der Waals surface area contributed by atoms with Crippen molar-refractivity contribution in [3.8, 4) is 11.6 Å². The van der Waals surface area contributed by atoms with Crippen molar-refractivity contribution in [3.63, 3.8) is 0 Å². The molecule has 0 bridgehead atoms. The van der Waals surface area contributed by atoms with Crippen molar-refractivity contribution in [2.45, 2.75) is 26.2 Å². The summed E-state index contributed by atoms with van der Waals surface area (Å²) in [6.07, 6.45) is 1.79. The standard InChI is InChI=1S/C13H17N3O3/c1-13(2,3)10-9(12(17)18-5)19-11(14-10)8-6-7-16(4)15-8/h6-7H,1-5H3. The third-order valence-electron chi connectivity index (χ3n) is 2.64. The van der Waals surface area contributed by atoms with Crippen LogP contribution >= 0.6 is 0 Å². The highest BCUT2D eigenvalue weighted by atomic mass is 16.5. The van der Waals surface area contributed by atoms with E-state index in [4.69, 9.17) is 9.15 Å². The summed E-state index contributed by atoms with van der Waals surface area (Å²) in [5, 5.41) is 4.21. The molecule has 6 heteroatoms. The minimum atomic E-state index is -0.528. The average Bonchev–Trinajstić information content (AvgIpc) is 2.92.